The molecular formula is C29H52N2O15. The van der Waals surface area contributed by atoms with Crippen molar-refractivity contribution in [3.8, 4) is 0 Å². The predicted octanol–water partition coefficient (Wildman–Crippen LogP) is -0.501. The molecule has 0 spiro atoms. The summed E-state index contributed by atoms with van der Waals surface area (Å²) in [7, 11) is 0. The van der Waals surface area contributed by atoms with Crippen molar-refractivity contribution in [3.63, 3.8) is 0 Å². The van der Waals surface area contributed by atoms with Gasteiger partial charge in [0.2, 0.25) is 24.4 Å². The largest absolute Gasteiger partial charge is 0.506 e. The lowest BCUT2D eigenvalue weighted by molar-refractivity contribution is -0.127. The molecule has 0 saturated heterocycles. The second kappa shape index (κ2) is 25.1. The number of Topliss-reactive ketones (excluding diaryl/α,β-unsaturated/α-hetero) is 1. The fourth-order valence-corrected chi connectivity index (χ4v) is 3.87. The molecule has 268 valence electrons. The molecule has 5 atom stereocenters. The number of unbranched alkanes of at least 4 members (excludes halogenated alkanes) is 3. The van der Waals surface area contributed by atoms with Gasteiger partial charge < -0.3 is 71.2 Å². The lowest BCUT2D eigenvalue weighted by Crippen LogP contribution is -2.39. The Balaban J connectivity index is 4.16. The van der Waals surface area contributed by atoms with Crippen LogP contribution in [0.25, 0.3) is 0 Å². The first-order valence-electron chi connectivity index (χ1n) is 15.2. The highest BCUT2D eigenvalue weighted by molar-refractivity contribution is 5.87. The number of ether oxygens (including phenoxy) is 2. The smallest absolute Gasteiger partial charge is 0.220 e. The van der Waals surface area contributed by atoms with E-state index in [0.29, 0.717) is 51.5 Å². The van der Waals surface area contributed by atoms with Gasteiger partial charge in [-0.2, -0.15) is 0 Å². The SMILES string of the molecule is CC(=O)[C@H](CCCCNC(=O)CCCCOC(O)/C(O)=C(/O)C(O)CCO)NC(=O)CCCCOC(O)/C(O)=C(/O)C(O)CCO. The minimum atomic E-state index is -1.89. The van der Waals surface area contributed by atoms with Crippen molar-refractivity contribution in [3.05, 3.63) is 23.0 Å². The molecule has 0 heterocycles. The molecule has 17 heteroatoms. The Kier molecular flexibility index (Phi) is 23.5. The normalized spacial score (nSPS) is 16.0. The first-order chi connectivity index (χ1) is 21.8. The summed E-state index contributed by atoms with van der Waals surface area (Å²) in [6.07, 6.45) is -4.21. The van der Waals surface area contributed by atoms with Crippen LogP contribution in [0.5, 0.6) is 0 Å². The van der Waals surface area contributed by atoms with Crippen LogP contribution in [-0.2, 0) is 23.9 Å². The highest BCUT2D eigenvalue weighted by Gasteiger charge is 2.22. The number of aliphatic hydroxyl groups is 10. The minimum Gasteiger partial charge on any atom is -0.506 e. The zero-order valence-electron chi connectivity index (χ0n) is 26.2. The Hall–Kier alpha value is -3.03. The third kappa shape index (κ3) is 18.8. The molecular weight excluding hydrogens is 616 g/mol. The zero-order chi connectivity index (χ0) is 35.1. The van der Waals surface area contributed by atoms with E-state index in [2.05, 4.69) is 10.6 Å². The number of hydrogen-bond acceptors (Lipinski definition) is 15. The molecule has 0 rings (SSSR count). The summed E-state index contributed by atoms with van der Waals surface area (Å²) in [5.41, 5.74) is 0. The Morgan fingerprint density at radius 1 is 0.609 bits per heavy atom. The molecule has 2 amide bonds. The molecule has 0 aromatic heterocycles. The van der Waals surface area contributed by atoms with Crippen molar-refractivity contribution in [1.82, 2.24) is 10.6 Å². The second-order valence-electron chi connectivity index (χ2n) is 10.5. The maximum Gasteiger partial charge on any atom is 0.220 e. The number of hydrogen-bond donors (Lipinski definition) is 12. The van der Waals surface area contributed by atoms with Crippen molar-refractivity contribution >= 4 is 17.6 Å². The zero-order valence-corrected chi connectivity index (χ0v) is 26.2. The van der Waals surface area contributed by atoms with Crippen LogP contribution in [-0.4, -0.2) is 132 Å². The van der Waals surface area contributed by atoms with E-state index in [1.54, 1.807) is 0 Å². The van der Waals surface area contributed by atoms with Crippen LogP contribution in [0.15, 0.2) is 23.0 Å². The van der Waals surface area contributed by atoms with Gasteiger partial charge in [-0.25, -0.2) is 0 Å². The fraction of sp³-hybridized carbons (Fsp3) is 0.759. The van der Waals surface area contributed by atoms with E-state index in [9.17, 15) is 55.2 Å². The number of carbonyl (C=O) groups is 3. The van der Waals surface area contributed by atoms with E-state index >= 15 is 0 Å². The minimum absolute atomic E-state index is 0.0387. The molecule has 46 heavy (non-hydrogen) atoms. The number of carbonyl (C=O) groups excluding carboxylic acids is 3. The molecule has 0 aliphatic heterocycles. The molecule has 17 nitrogen and oxygen atoms in total. The molecule has 4 unspecified atom stereocenters. The van der Waals surface area contributed by atoms with E-state index in [0.717, 1.165) is 0 Å². The number of rotatable bonds is 27. The number of aliphatic hydroxyl groups excluding tert-OH is 10. The van der Waals surface area contributed by atoms with E-state index in [-0.39, 0.29) is 56.5 Å². The Morgan fingerprint density at radius 3 is 1.50 bits per heavy atom. The predicted molar refractivity (Wildman–Crippen MR) is 161 cm³/mol. The Labute approximate surface area is 267 Å². The maximum atomic E-state index is 12.3. The number of amides is 2. The van der Waals surface area contributed by atoms with E-state index in [4.69, 9.17) is 19.7 Å². The summed E-state index contributed by atoms with van der Waals surface area (Å²) in [5, 5.41) is 99.9. The van der Waals surface area contributed by atoms with Crippen LogP contribution in [0.3, 0.4) is 0 Å². The van der Waals surface area contributed by atoms with E-state index < -0.39 is 67.1 Å². The fourth-order valence-electron chi connectivity index (χ4n) is 3.87. The second-order valence-corrected chi connectivity index (χ2v) is 10.5. The molecule has 0 bridgehead atoms. The molecule has 0 saturated carbocycles. The number of nitrogens with one attached hydrogen (secondary N) is 2. The molecule has 12 N–H and O–H groups in total. The van der Waals surface area contributed by atoms with E-state index in [1.165, 1.54) is 6.92 Å². The van der Waals surface area contributed by atoms with Gasteiger partial charge in [-0.3, -0.25) is 14.4 Å². The highest BCUT2D eigenvalue weighted by Crippen LogP contribution is 2.14. The van der Waals surface area contributed by atoms with Gasteiger partial charge in [0.1, 0.15) is 12.2 Å². The molecule has 0 radical (unpaired) electrons. The first-order valence-corrected chi connectivity index (χ1v) is 15.2. The third-order valence-corrected chi connectivity index (χ3v) is 6.64. The summed E-state index contributed by atoms with van der Waals surface area (Å²) < 4.78 is 9.94. The monoisotopic (exact) mass is 668 g/mol. The van der Waals surface area contributed by atoms with Crippen molar-refractivity contribution in [1.29, 1.82) is 0 Å². The van der Waals surface area contributed by atoms with Crippen LogP contribution in [0, 0.1) is 0 Å². The average molecular weight is 669 g/mol. The summed E-state index contributed by atoms with van der Waals surface area (Å²) >= 11 is 0. The van der Waals surface area contributed by atoms with Gasteiger partial charge in [-0.1, -0.05) is 0 Å². The summed E-state index contributed by atoms with van der Waals surface area (Å²) in [6.45, 7) is 0.717. The molecule has 0 aliphatic rings. The van der Waals surface area contributed by atoms with Crippen molar-refractivity contribution < 1.29 is 74.9 Å². The van der Waals surface area contributed by atoms with Gasteiger partial charge in [0.15, 0.2) is 28.8 Å². The lowest BCUT2D eigenvalue weighted by Gasteiger charge is -2.17. The number of ketones is 1. The van der Waals surface area contributed by atoms with Gasteiger partial charge in [0.25, 0.3) is 0 Å². The van der Waals surface area contributed by atoms with Gasteiger partial charge >= 0.3 is 0 Å². The van der Waals surface area contributed by atoms with Crippen LogP contribution in [0.2, 0.25) is 0 Å². The van der Waals surface area contributed by atoms with Gasteiger partial charge in [-0.05, 0) is 51.9 Å². The third-order valence-electron chi connectivity index (χ3n) is 6.64. The molecule has 0 aromatic rings. The summed E-state index contributed by atoms with van der Waals surface area (Å²) in [4.78, 5) is 36.2. The first kappa shape index (κ1) is 43.0. The average Bonchev–Trinajstić information content (AvgIpc) is 3.01. The Morgan fingerprint density at radius 2 is 1.07 bits per heavy atom. The van der Waals surface area contributed by atoms with Crippen LogP contribution in [0.4, 0.5) is 0 Å². The van der Waals surface area contributed by atoms with Crippen molar-refractivity contribution in [2.75, 3.05) is 33.0 Å². The maximum absolute atomic E-state index is 12.3. The van der Waals surface area contributed by atoms with Crippen molar-refractivity contribution in [2.45, 2.75) is 108 Å². The van der Waals surface area contributed by atoms with Crippen molar-refractivity contribution in [2.24, 2.45) is 0 Å². The van der Waals surface area contributed by atoms with Crippen LogP contribution >= 0.6 is 0 Å². The van der Waals surface area contributed by atoms with Crippen LogP contribution in [0.1, 0.15) is 77.6 Å². The standard InChI is InChI=1S/C29H52N2O15/c1-18(34)19(31-23(38)10-4-7-17-46-29(44)27(42)25(40)21(36)12-15-33)8-2-5-13-30-22(37)9-3-6-16-45-28(43)26(41)24(39)20(35)11-14-32/h19-21,28-29,32-33,35-36,39-44H,2-17H2,1H3,(H,30,37)(H,31,38)/b26-24-,27-25-/t19-,20?,21?,28?,29?/m0/s1. The van der Waals surface area contributed by atoms with Gasteiger partial charge in [-0.15, -0.1) is 0 Å². The van der Waals surface area contributed by atoms with E-state index in [1.807, 2.05) is 0 Å². The Bertz CT molecular complexity index is 959. The highest BCUT2D eigenvalue weighted by atomic mass is 16.6. The molecule has 0 fully saturated rings. The topological polar surface area (TPSA) is 296 Å². The molecule has 0 aromatic carbocycles. The quantitative estimate of drug-likeness (QED) is 0.0298. The van der Waals surface area contributed by atoms with Gasteiger partial charge in [0.05, 0.1) is 19.3 Å². The van der Waals surface area contributed by atoms with Crippen LogP contribution < -0.4 is 10.6 Å². The summed E-state index contributed by atoms with van der Waals surface area (Å²) in [6, 6.07) is -0.693. The molecule has 0 aliphatic carbocycles. The van der Waals surface area contributed by atoms with Gasteiger partial charge in [0, 0.05) is 45.4 Å². The summed E-state index contributed by atoms with van der Waals surface area (Å²) in [5.74, 6) is -4.55. The lowest BCUT2D eigenvalue weighted by atomic mass is 10.1.